The van der Waals surface area contributed by atoms with Crippen molar-refractivity contribution in [1.82, 2.24) is 14.9 Å². The summed E-state index contributed by atoms with van der Waals surface area (Å²) < 4.78 is 21.8. The molecule has 2 atom stereocenters. The summed E-state index contributed by atoms with van der Waals surface area (Å²) in [6, 6.07) is 19.6. The van der Waals surface area contributed by atoms with Crippen molar-refractivity contribution in [2.24, 2.45) is 0 Å². The molecule has 2 aromatic heterocycles. The number of hydrogen-bond donors (Lipinski definition) is 2. The van der Waals surface area contributed by atoms with Crippen LogP contribution in [0.3, 0.4) is 0 Å². The fourth-order valence-electron chi connectivity index (χ4n) is 5.22. The molecular formula is C30H30FN5O2S. The maximum absolute atomic E-state index is 14.2. The number of carbonyl (C=O) groups excluding carboxylic acids is 1. The smallest absolute Gasteiger partial charge is 0.224 e. The summed E-state index contributed by atoms with van der Waals surface area (Å²) in [5.74, 6) is 0.139. The molecule has 0 radical (unpaired) electrons. The van der Waals surface area contributed by atoms with Crippen LogP contribution >= 0.6 is 12.2 Å². The van der Waals surface area contributed by atoms with Crippen LogP contribution in [0.15, 0.2) is 72.9 Å². The first-order valence-electron chi connectivity index (χ1n) is 12.8. The van der Waals surface area contributed by atoms with Gasteiger partial charge in [0.15, 0.2) is 5.11 Å². The SMILES string of the molecule is CCC(=O)Nc1ccc(N2C(=S)NC(c3ccccn3)C2c2cc(C)n(-c3cccc(F)c3)c2C)cc1OC. The Labute approximate surface area is 232 Å². The number of carbonyl (C=O) groups is 1. The number of amides is 1. The van der Waals surface area contributed by atoms with Crippen LogP contribution in [0.1, 0.15) is 48.1 Å². The number of benzene rings is 2. The number of nitrogens with one attached hydrogen (secondary N) is 2. The normalized spacial score (nSPS) is 16.7. The summed E-state index contributed by atoms with van der Waals surface area (Å²) in [6.45, 7) is 5.84. The van der Waals surface area contributed by atoms with E-state index >= 15 is 0 Å². The maximum atomic E-state index is 14.2. The van der Waals surface area contributed by atoms with Gasteiger partial charge in [0.05, 0.1) is 30.6 Å². The lowest BCUT2D eigenvalue weighted by Crippen LogP contribution is -2.29. The van der Waals surface area contributed by atoms with Crippen LogP contribution in [0.4, 0.5) is 15.8 Å². The predicted molar refractivity (Wildman–Crippen MR) is 155 cm³/mol. The number of ether oxygens (including phenoxy) is 1. The van der Waals surface area contributed by atoms with Gasteiger partial charge in [-0.2, -0.15) is 0 Å². The van der Waals surface area contributed by atoms with Crippen molar-refractivity contribution in [2.45, 2.75) is 39.3 Å². The summed E-state index contributed by atoms with van der Waals surface area (Å²) in [4.78, 5) is 18.7. The molecule has 1 saturated heterocycles. The first-order valence-corrected chi connectivity index (χ1v) is 13.2. The van der Waals surface area contributed by atoms with E-state index in [4.69, 9.17) is 17.0 Å². The average molecular weight is 544 g/mol. The number of anilines is 2. The van der Waals surface area contributed by atoms with Crippen molar-refractivity contribution in [3.05, 3.63) is 101 Å². The van der Waals surface area contributed by atoms with E-state index < -0.39 is 0 Å². The quantitative estimate of drug-likeness (QED) is 0.272. The Morgan fingerprint density at radius 2 is 1.92 bits per heavy atom. The summed E-state index contributed by atoms with van der Waals surface area (Å²) in [5, 5.41) is 6.91. The lowest BCUT2D eigenvalue weighted by atomic mass is 9.96. The summed E-state index contributed by atoms with van der Waals surface area (Å²) in [6.07, 6.45) is 2.13. The van der Waals surface area contributed by atoms with Gasteiger partial charge in [-0.15, -0.1) is 0 Å². The molecule has 2 N–H and O–H groups in total. The van der Waals surface area contributed by atoms with E-state index in [2.05, 4.69) is 31.2 Å². The lowest BCUT2D eigenvalue weighted by Gasteiger charge is -2.29. The first-order chi connectivity index (χ1) is 18.8. The summed E-state index contributed by atoms with van der Waals surface area (Å²) in [5.41, 5.74) is 5.97. The molecule has 7 nitrogen and oxygen atoms in total. The van der Waals surface area contributed by atoms with Gasteiger partial charge in [-0.1, -0.05) is 19.1 Å². The highest BCUT2D eigenvalue weighted by molar-refractivity contribution is 7.80. The minimum atomic E-state index is -0.291. The summed E-state index contributed by atoms with van der Waals surface area (Å²) in [7, 11) is 1.57. The minimum absolute atomic E-state index is 0.0997. The van der Waals surface area contributed by atoms with E-state index in [0.717, 1.165) is 34.0 Å². The van der Waals surface area contributed by atoms with Gasteiger partial charge in [-0.25, -0.2) is 4.39 Å². The molecule has 3 heterocycles. The van der Waals surface area contributed by atoms with E-state index in [1.807, 2.05) is 56.3 Å². The molecule has 2 aromatic carbocycles. The van der Waals surface area contributed by atoms with Crippen LogP contribution in [-0.4, -0.2) is 27.7 Å². The largest absolute Gasteiger partial charge is 0.494 e. The molecule has 2 unspecified atom stereocenters. The highest BCUT2D eigenvalue weighted by atomic mass is 32.1. The number of aryl methyl sites for hydroxylation is 1. The second-order valence-corrected chi connectivity index (χ2v) is 9.81. The predicted octanol–water partition coefficient (Wildman–Crippen LogP) is 6.16. The van der Waals surface area contributed by atoms with Gasteiger partial charge in [0, 0.05) is 41.4 Å². The maximum Gasteiger partial charge on any atom is 0.224 e. The first kappa shape index (κ1) is 26.4. The second kappa shape index (κ2) is 10.9. The van der Waals surface area contributed by atoms with Gasteiger partial charge in [0.25, 0.3) is 0 Å². The zero-order chi connectivity index (χ0) is 27.7. The molecule has 1 aliphatic heterocycles. The van der Waals surface area contributed by atoms with Gasteiger partial charge in [0.2, 0.25) is 5.91 Å². The van der Waals surface area contributed by atoms with Crippen molar-refractivity contribution >= 4 is 34.6 Å². The van der Waals surface area contributed by atoms with Gasteiger partial charge in [0.1, 0.15) is 11.6 Å². The topological polar surface area (TPSA) is 71.4 Å². The molecule has 1 aliphatic rings. The van der Waals surface area contributed by atoms with Crippen molar-refractivity contribution in [3.63, 3.8) is 0 Å². The third-order valence-electron chi connectivity index (χ3n) is 7.01. The van der Waals surface area contributed by atoms with Crippen molar-refractivity contribution in [3.8, 4) is 11.4 Å². The molecule has 39 heavy (non-hydrogen) atoms. The molecule has 0 saturated carbocycles. The molecule has 0 spiro atoms. The Morgan fingerprint density at radius 3 is 2.62 bits per heavy atom. The fraction of sp³-hybridized carbons (Fsp3) is 0.233. The number of thiocarbonyl (C=S) groups is 1. The average Bonchev–Trinajstić information content (AvgIpc) is 3.43. The van der Waals surface area contributed by atoms with Crippen LogP contribution < -0.4 is 20.3 Å². The van der Waals surface area contributed by atoms with E-state index in [1.165, 1.54) is 12.1 Å². The molecule has 5 rings (SSSR count). The molecular weight excluding hydrogens is 513 g/mol. The fourth-order valence-corrected chi connectivity index (χ4v) is 5.57. The monoisotopic (exact) mass is 543 g/mol. The van der Waals surface area contributed by atoms with E-state index in [-0.39, 0.29) is 23.8 Å². The number of hydrogen-bond acceptors (Lipinski definition) is 4. The van der Waals surface area contributed by atoms with E-state index in [9.17, 15) is 9.18 Å². The van der Waals surface area contributed by atoms with Crippen LogP contribution in [0.5, 0.6) is 5.75 Å². The molecule has 4 aromatic rings. The Bertz CT molecular complexity index is 1540. The van der Waals surface area contributed by atoms with Crippen LogP contribution in [0.2, 0.25) is 0 Å². The second-order valence-electron chi connectivity index (χ2n) is 9.42. The van der Waals surface area contributed by atoms with Gasteiger partial charge >= 0.3 is 0 Å². The Morgan fingerprint density at radius 1 is 1.10 bits per heavy atom. The molecule has 0 aliphatic carbocycles. The van der Waals surface area contributed by atoms with E-state index in [1.54, 1.807) is 26.3 Å². The highest BCUT2D eigenvalue weighted by Gasteiger charge is 2.42. The number of methoxy groups -OCH3 is 1. The number of rotatable bonds is 7. The molecule has 0 bridgehead atoms. The molecule has 1 fully saturated rings. The number of nitrogens with zero attached hydrogens (tertiary/aromatic N) is 3. The number of aromatic nitrogens is 2. The van der Waals surface area contributed by atoms with Crippen LogP contribution in [0, 0.1) is 19.7 Å². The third-order valence-corrected chi connectivity index (χ3v) is 7.33. The van der Waals surface area contributed by atoms with Crippen molar-refractivity contribution in [1.29, 1.82) is 0 Å². The third kappa shape index (κ3) is 4.97. The van der Waals surface area contributed by atoms with Gasteiger partial charge < -0.3 is 24.8 Å². The standard InChI is InChI=1S/C30H30FN5O2S/c1-5-27(37)33-24-13-12-22(17-26(24)38-4)36-29(28(34-30(36)39)25-11-6-7-14-32-25)23-15-18(2)35(19(23)3)21-10-8-9-20(31)16-21/h6-17,28-29H,5H2,1-4H3,(H,33,37)(H,34,39). The van der Waals surface area contributed by atoms with Crippen molar-refractivity contribution in [2.75, 3.05) is 17.3 Å². The van der Waals surface area contributed by atoms with E-state index in [0.29, 0.717) is 23.0 Å². The Kier molecular flexibility index (Phi) is 7.34. The van der Waals surface area contributed by atoms with Gasteiger partial charge in [-0.3, -0.25) is 9.78 Å². The van der Waals surface area contributed by atoms with Gasteiger partial charge in [-0.05, 0) is 80.2 Å². The highest BCUT2D eigenvalue weighted by Crippen LogP contribution is 2.45. The number of pyridine rings is 1. The number of halogens is 1. The van der Waals surface area contributed by atoms with Crippen LogP contribution in [-0.2, 0) is 4.79 Å². The molecule has 9 heteroatoms. The minimum Gasteiger partial charge on any atom is -0.494 e. The zero-order valence-electron chi connectivity index (χ0n) is 22.2. The summed E-state index contributed by atoms with van der Waals surface area (Å²) >= 11 is 5.89. The van der Waals surface area contributed by atoms with Crippen LogP contribution in [0.25, 0.3) is 5.69 Å². The molecule has 200 valence electrons. The Hall–Kier alpha value is -4.24. The Balaban J connectivity index is 1.65. The lowest BCUT2D eigenvalue weighted by molar-refractivity contribution is -0.115. The van der Waals surface area contributed by atoms with Crippen molar-refractivity contribution < 1.29 is 13.9 Å². The molecule has 1 amide bonds. The zero-order valence-corrected chi connectivity index (χ0v) is 23.1.